The van der Waals surface area contributed by atoms with Gasteiger partial charge in [-0.05, 0) is 24.1 Å². The largest absolute Gasteiger partial charge is 0.381 e. The number of carbonyl (C=O) groups excluding carboxylic acids is 1. The molecule has 0 aliphatic rings. The third kappa shape index (κ3) is 4.58. The van der Waals surface area contributed by atoms with Gasteiger partial charge in [-0.3, -0.25) is 9.78 Å². The molecule has 0 saturated heterocycles. The van der Waals surface area contributed by atoms with E-state index in [-0.39, 0.29) is 5.91 Å². The van der Waals surface area contributed by atoms with Gasteiger partial charge in [-0.1, -0.05) is 43.7 Å². The molecule has 0 unspecified atom stereocenters. The third-order valence-corrected chi connectivity index (χ3v) is 3.51. The molecule has 0 atom stereocenters. The fraction of sp³-hybridized carbons (Fsp3) is 0.333. The lowest BCUT2D eigenvalue weighted by atomic mass is 10.2. The van der Waals surface area contributed by atoms with E-state index in [1.54, 1.807) is 11.1 Å². The summed E-state index contributed by atoms with van der Waals surface area (Å²) in [5.41, 5.74) is 2.59. The lowest BCUT2D eigenvalue weighted by Crippen LogP contribution is -2.28. The molecule has 0 saturated carbocycles. The number of unbranched alkanes of at least 4 members (excludes halogenated alkanes) is 1. The molecule has 1 amide bonds. The van der Waals surface area contributed by atoms with E-state index in [0.717, 1.165) is 31.6 Å². The minimum Gasteiger partial charge on any atom is -0.381 e. The van der Waals surface area contributed by atoms with E-state index >= 15 is 0 Å². The molecule has 4 heteroatoms. The molecule has 0 fully saturated rings. The Balaban J connectivity index is 1.98. The maximum Gasteiger partial charge on any atom is 0.272 e. The van der Waals surface area contributed by atoms with Crippen LogP contribution in [-0.4, -0.2) is 29.4 Å². The van der Waals surface area contributed by atoms with Crippen molar-refractivity contribution in [1.82, 2.24) is 9.88 Å². The van der Waals surface area contributed by atoms with Crippen molar-refractivity contribution < 1.29 is 4.79 Å². The van der Waals surface area contributed by atoms with Crippen molar-refractivity contribution in [3.05, 3.63) is 59.9 Å². The second-order valence-corrected chi connectivity index (χ2v) is 5.35. The normalized spacial score (nSPS) is 10.3. The molecule has 4 nitrogen and oxygen atoms in total. The van der Waals surface area contributed by atoms with Crippen LogP contribution in [-0.2, 0) is 6.54 Å². The lowest BCUT2D eigenvalue weighted by molar-refractivity contribution is 0.0787. The van der Waals surface area contributed by atoms with Crippen LogP contribution < -0.4 is 5.32 Å². The molecule has 116 valence electrons. The molecule has 0 radical (unpaired) electrons. The predicted octanol–water partition coefficient (Wildman–Crippen LogP) is 3.57. The Bertz CT molecular complexity index is 598. The van der Waals surface area contributed by atoms with Gasteiger partial charge in [0.2, 0.25) is 0 Å². The summed E-state index contributed by atoms with van der Waals surface area (Å²) < 4.78 is 0. The minimum absolute atomic E-state index is 0.0307. The monoisotopic (exact) mass is 297 g/mol. The Kier molecular flexibility index (Phi) is 5.95. The Morgan fingerprint density at radius 1 is 1.23 bits per heavy atom. The molecule has 0 aliphatic heterocycles. The first kappa shape index (κ1) is 16.0. The van der Waals surface area contributed by atoms with Crippen molar-refractivity contribution >= 4 is 11.6 Å². The molecule has 0 spiro atoms. The van der Waals surface area contributed by atoms with E-state index in [0.29, 0.717) is 5.69 Å². The SMILES string of the molecule is CCCCN(C)C(=O)c1cc(NCc2ccccc2)ccn1. The summed E-state index contributed by atoms with van der Waals surface area (Å²) in [6.07, 6.45) is 3.76. The molecule has 2 rings (SSSR count). The average Bonchev–Trinajstić information content (AvgIpc) is 2.58. The maximum absolute atomic E-state index is 12.3. The molecule has 2 aromatic rings. The number of nitrogens with zero attached hydrogens (tertiary/aromatic N) is 2. The van der Waals surface area contributed by atoms with Crippen LogP contribution in [0.5, 0.6) is 0 Å². The van der Waals surface area contributed by atoms with Gasteiger partial charge in [0.15, 0.2) is 0 Å². The standard InChI is InChI=1S/C18H23N3O/c1-3-4-12-21(2)18(22)17-13-16(10-11-19-17)20-14-15-8-6-5-7-9-15/h5-11,13H,3-4,12,14H2,1-2H3,(H,19,20). The maximum atomic E-state index is 12.3. The van der Waals surface area contributed by atoms with Crippen LogP contribution >= 0.6 is 0 Å². The number of hydrogen-bond donors (Lipinski definition) is 1. The highest BCUT2D eigenvalue weighted by Gasteiger charge is 2.12. The van der Waals surface area contributed by atoms with E-state index in [1.807, 2.05) is 37.4 Å². The first-order chi connectivity index (χ1) is 10.7. The number of nitrogens with one attached hydrogen (secondary N) is 1. The summed E-state index contributed by atoms with van der Waals surface area (Å²) in [4.78, 5) is 18.2. The van der Waals surface area contributed by atoms with Crippen LogP contribution in [0.15, 0.2) is 48.7 Å². The van der Waals surface area contributed by atoms with Gasteiger partial charge in [0.25, 0.3) is 5.91 Å². The molecule has 1 aromatic carbocycles. The average molecular weight is 297 g/mol. The second-order valence-electron chi connectivity index (χ2n) is 5.35. The number of amides is 1. The summed E-state index contributed by atoms with van der Waals surface area (Å²) in [6, 6.07) is 13.9. The Morgan fingerprint density at radius 3 is 2.73 bits per heavy atom. The fourth-order valence-corrected chi connectivity index (χ4v) is 2.15. The molecule has 0 aliphatic carbocycles. The van der Waals surface area contributed by atoms with Crippen molar-refractivity contribution in [3.63, 3.8) is 0 Å². The first-order valence-electron chi connectivity index (χ1n) is 7.70. The smallest absolute Gasteiger partial charge is 0.272 e. The minimum atomic E-state index is -0.0307. The van der Waals surface area contributed by atoms with E-state index in [9.17, 15) is 4.79 Å². The third-order valence-electron chi connectivity index (χ3n) is 3.51. The van der Waals surface area contributed by atoms with Crippen LogP contribution in [0.4, 0.5) is 5.69 Å². The van der Waals surface area contributed by atoms with Crippen molar-refractivity contribution in [2.75, 3.05) is 18.9 Å². The molecule has 1 aromatic heterocycles. The van der Waals surface area contributed by atoms with Gasteiger partial charge >= 0.3 is 0 Å². The van der Waals surface area contributed by atoms with Gasteiger partial charge in [0.1, 0.15) is 5.69 Å². The fourth-order valence-electron chi connectivity index (χ4n) is 2.15. The molecular weight excluding hydrogens is 274 g/mol. The quantitative estimate of drug-likeness (QED) is 0.850. The number of hydrogen-bond acceptors (Lipinski definition) is 3. The van der Waals surface area contributed by atoms with E-state index in [1.165, 1.54) is 5.56 Å². The summed E-state index contributed by atoms with van der Waals surface area (Å²) in [7, 11) is 1.82. The van der Waals surface area contributed by atoms with Crippen molar-refractivity contribution in [3.8, 4) is 0 Å². The molecule has 1 heterocycles. The highest BCUT2D eigenvalue weighted by Crippen LogP contribution is 2.12. The van der Waals surface area contributed by atoms with Gasteiger partial charge < -0.3 is 10.2 Å². The van der Waals surface area contributed by atoms with Crippen LogP contribution in [0.2, 0.25) is 0 Å². The molecular formula is C18H23N3O. The Morgan fingerprint density at radius 2 is 2.00 bits per heavy atom. The highest BCUT2D eigenvalue weighted by molar-refractivity contribution is 5.92. The number of pyridine rings is 1. The van der Waals surface area contributed by atoms with Crippen LogP contribution in [0.1, 0.15) is 35.8 Å². The summed E-state index contributed by atoms with van der Waals surface area (Å²) in [6.45, 7) is 3.60. The number of benzene rings is 1. The van der Waals surface area contributed by atoms with Crippen LogP contribution in [0, 0.1) is 0 Å². The predicted molar refractivity (Wildman–Crippen MR) is 89.9 cm³/mol. The van der Waals surface area contributed by atoms with Gasteiger partial charge in [-0.25, -0.2) is 0 Å². The van der Waals surface area contributed by atoms with E-state index < -0.39 is 0 Å². The molecule has 22 heavy (non-hydrogen) atoms. The lowest BCUT2D eigenvalue weighted by Gasteiger charge is -2.16. The molecule has 1 N–H and O–H groups in total. The van der Waals surface area contributed by atoms with Crippen LogP contribution in [0.3, 0.4) is 0 Å². The van der Waals surface area contributed by atoms with Gasteiger partial charge in [0, 0.05) is 32.0 Å². The van der Waals surface area contributed by atoms with Crippen molar-refractivity contribution in [2.45, 2.75) is 26.3 Å². The topological polar surface area (TPSA) is 45.2 Å². The summed E-state index contributed by atoms with van der Waals surface area (Å²) in [5, 5.41) is 3.33. The van der Waals surface area contributed by atoms with Crippen LogP contribution in [0.25, 0.3) is 0 Å². The summed E-state index contributed by atoms with van der Waals surface area (Å²) in [5.74, 6) is -0.0307. The Labute approximate surface area is 132 Å². The number of carbonyl (C=O) groups is 1. The summed E-state index contributed by atoms with van der Waals surface area (Å²) >= 11 is 0. The zero-order valence-corrected chi connectivity index (χ0v) is 13.2. The van der Waals surface area contributed by atoms with Gasteiger partial charge in [0.05, 0.1) is 0 Å². The van der Waals surface area contributed by atoms with Gasteiger partial charge in [-0.15, -0.1) is 0 Å². The van der Waals surface area contributed by atoms with E-state index in [4.69, 9.17) is 0 Å². The number of rotatable bonds is 7. The zero-order chi connectivity index (χ0) is 15.8. The van der Waals surface area contributed by atoms with Gasteiger partial charge in [-0.2, -0.15) is 0 Å². The second kappa shape index (κ2) is 8.17. The highest BCUT2D eigenvalue weighted by atomic mass is 16.2. The van der Waals surface area contributed by atoms with Crippen molar-refractivity contribution in [1.29, 1.82) is 0 Å². The number of aromatic nitrogens is 1. The first-order valence-corrected chi connectivity index (χ1v) is 7.70. The van der Waals surface area contributed by atoms with E-state index in [2.05, 4.69) is 29.4 Å². The zero-order valence-electron chi connectivity index (χ0n) is 13.2. The Hall–Kier alpha value is -2.36. The molecule has 0 bridgehead atoms. The number of anilines is 1. The van der Waals surface area contributed by atoms with Crippen molar-refractivity contribution in [2.24, 2.45) is 0 Å².